The number of hydrogen-bond donors (Lipinski definition) is 2. The Morgan fingerprint density at radius 2 is 1.94 bits per heavy atom. The van der Waals surface area contributed by atoms with Gasteiger partial charge in [-0.2, -0.15) is 4.39 Å². The monoisotopic (exact) mass is 460 g/mol. The van der Waals surface area contributed by atoms with Crippen molar-refractivity contribution in [3.63, 3.8) is 0 Å². The molecule has 0 aliphatic carbocycles. The molecule has 0 aromatic heterocycles. The van der Waals surface area contributed by atoms with Gasteiger partial charge in [-0.3, -0.25) is 14.4 Å². The zero-order chi connectivity index (χ0) is 22.5. The lowest BCUT2D eigenvalue weighted by Crippen LogP contribution is -2.62. The summed E-state index contributed by atoms with van der Waals surface area (Å²) in [6, 6.07) is 6.85. The number of anilines is 1. The molecule has 0 unspecified atom stereocenters. The Morgan fingerprint density at radius 3 is 2.61 bits per heavy atom. The lowest BCUT2D eigenvalue weighted by molar-refractivity contribution is -0.130. The number of carbonyl (C=O) groups is 3. The van der Waals surface area contributed by atoms with E-state index < -0.39 is 23.4 Å². The molecule has 0 saturated carbocycles. The van der Waals surface area contributed by atoms with Crippen molar-refractivity contribution in [3.05, 3.63) is 75.3 Å². The number of hydrogen-bond acceptors (Lipinski definition) is 3. The number of halogens is 3. The van der Waals surface area contributed by atoms with E-state index in [1.54, 1.807) is 24.3 Å². The molecular formula is C23H19Cl2FN2O3. The summed E-state index contributed by atoms with van der Waals surface area (Å²) in [5.74, 6) is -1.32. The molecule has 31 heavy (non-hydrogen) atoms. The first-order valence-corrected chi connectivity index (χ1v) is 10.5. The van der Waals surface area contributed by atoms with E-state index in [0.29, 0.717) is 33.8 Å². The van der Waals surface area contributed by atoms with E-state index in [1.165, 1.54) is 12.1 Å². The van der Waals surface area contributed by atoms with Crippen molar-refractivity contribution < 1.29 is 18.8 Å². The third-order valence-corrected chi connectivity index (χ3v) is 6.62. The topological polar surface area (TPSA) is 75.3 Å². The highest BCUT2D eigenvalue weighted by molar-refractivity contribution is 6.31. The molecule has 2 amide bonds. The van der Waals surface area contributed by atoms with Gasteiger partial charge in [0.25, 0.3) is 0 Å². The minimum Gasteiger partial charge on any atom is -0.348 e. The molecule has 4 rings (SSSR count). The molecule has 8 heteroatoms. The second-order valence-corrected chi connectivity index (χ2v) is 8.70. The van der Waals surface area contributed by atoms with Gasteiger partial charge >= 0.3 is 6.04 Å². The van der Waals surface area contributed by atoms with Crippen LogP contribution < -0.4 is 10.6 Å². The fourth-order valence-electron chi connectivity index (χ4n) is 4.78. The van der Waals surface area contributed by atoms with Crippen LogP contribution in [0.15, 0.2) is 48.6 Å². The summed E-state index contributed by atoms with van der Waals surface area (Å²) >= 11 is 12.3. The van der Waals surface area contributed by atoms with E-state index in [2.05, 4.69) is 17.2 Å². The van der Waals surface area contributed by atoms with Gasteiger partial charge in [-0.25, -0.2) is 0 Å². The van der Waals surface area contributed by atoms with E-state index in [4.69, 9.17) is 23.2 Å². The van der Waals surface area contributed by atoms with Gasteiger partial charge in [0.05, 0.1) is 11.6 Å². The first-order chi connectivity index (χ1) is 14.7. The summed E-state index contributed by atoms with van der Waals surface area (Å²) in [6.45, 7) is 6.00. The smallest absolute Gasteiger partial charge is 0.332 e. The molecule has 1 spiro atoms. The summed E-state index contributed by atoms with van der Waals surface area (Å²) < 4.78 is 13.5. The molecule has 2 N–H and O–H groups in total. The fourth-order valence-corrected chi connectivity index (χ4v) is 5.19. The summed E-state index contributed by atoms with van der Waals surface area (Å²) in [7, 11) is 0. The van der Waals surface area contributed by atoms with Gasteiger partial charge in [0, 0.05) is 28.1 Å². The highest BCUT2D eigenvalue weighted by Gasteiger charge is 2.61. The van der Waals surface area contributed by atoms with Gasteiger partial charge in [-0.15, -0.1) is 0 Å². The molecule has 5 nitrogen and oxygen atoms in total. The third-order valence-electron chi connectivity index (χ3n) is 6.16. The van der Waals surface area contributed by atoms with Crippen LogP contribution in [0.1, 0.15) is 47.2 Å². The van der Waals surface area contributed by atoms with Crippen LogP contribution in [0.25, 0.3) is 0 Å². The molecule has 1 saturated heterocycles. The van der Waals surface area contributed by atoms with Gasteiger partial charge in [0.2, 0.25) is 11.8 Å². The van der Waals surface area contributed by atoms with Crippen molar-refractivity contribution in [2.45, 2.75) is 37.1 Å². The zero-order valence-corrected chi connectivity index (χ0v) is 18.1. The maximum absolute atomic E-state index is 13.6. The SMILES string of the molecule is C=C(CC)[C@H]1NC(=O)C[C@@H](c2cc(Cl)cc(C(=O)F)c2)[C@]12C(=O)Nc1cc(Cl)ccc12. The second-order valence-electron chi connectivity index (χ2n) is 7.83. The summed E-state index contributed by atoms with van der Waals surface area (Å²) in [5.41, 5.74) is 0.789. The predicted octanol–water partition coefficient (Wildman–Crippen LogP) is 4.93. The number of carbonyl (C=O) groups excluding carboxylic acids is 3. The summed E-state index contributed by atoms with van der Waals surface area (Å²) in [5, 5.41) is 6.41. The molecule has 0 bridgehead atoms. The van der Waals surface area contributed by atoms with E-state index in [9.17, 15) is 18.8 Å². The molecule has 2 aromatic rings. The third kappa shape index (κ3) is 3.34. The Morgan fingerprint density at radius 1 is 1.19 bits per heavy atom. The average molecular weight is 461 g/mol. The highest BCUT2D eigenvalue weighted by atomic mass is 35.5. The van der Waals surface area contributed by atoms with Crippen molar-refractivity contribution in [2.24, 2.45) is 0 Å². The summed E-state index contributed by atoms with van der Waals surface area (Å²) in [6.07, 6.45) is 0.475. The predicted molar refractivity (Wildman–Crippen MR) is 117 cm³/mol. The van der Waals surface area contributed by atoms with Crippen LogP contribution in [-0.2, 0) is 15.0 Å². The Bertz CT molecular complexity index is 1150. The van der Waals surface area contributed by atoms with Crippen LogP contribution in [0.3, 0.4) is 0 Å². The van der Waals surface area contributed by atoms with Crippen molar-refractivity contribution in [1.29, 1.82) is 0 Å². The van der Waals surface area contributed by atoms with Gasteiger partial charge in [0.15, 0.2) is 0 Å². The fraction of sp³-hybridized carbons (Fsp3) is 0.261. The van der Waals surface area contributed by atoms with Gasteiger partial charge < -0.3 is 10.6 Å². The molecular weight excluding hydrogens is 442 g/mol. The molecule has 0 radical (unpaired) electrons. The van der Waals surface area contributed by atoms with E-state index in [0.717, 1.165) is 0 Å². The molecule has 1 fully saturated rings. The number of fused-ring (bicyclic) bond motifs is 2. The van der Waals surface area contributed by atoms with Crippen LogP contribution >= 0.6 is 23.2 Å². The first-order valence-electron chi connectivity index (χ1n) is 9.77. The number of rotatable bonds is 4. The van der Waals surface area contributed by atoms with Crippen LogP contribution in [0, 0.1) is 0 Å². The van der Waals surface area contributed by atoms with Crippen molar-refractivity contribution in [1.82, 2.24) is 5.32 Å². The molecule has 3 atom stereocenters. The van der Waals surface area contributed by atoms with E-state index in [1.807, 2.05) is 6.92 Å². The number of piperidine rings is 1. The number of benzene rings is 2. The lowest BCUT2D eigenvalue weighted by atomic mass is 9.59. The molecule has 2 aliphatic heterocycles. The van der Waals surface area contributed by atoms with Gasteiger partial charge in [-0.1, -0.05) is 48.3 Å². The highest BCUT2D eigenvalue weighted by Crippen LogP contribution is 2.54. The van der Waals surface area contributed by atoms with E-state index in [-0.39, 0.29) is 28.8 Å². The van der Waals surface area contributed by atoms with Crippen molar-refractivity contribution in [3.8, 4) is 0 Å². The van der Waals surface area contributed by atoms with Crippen LogP contribution in [0.2, 0.25) is 10.0 Å². The lowest BCUT2D eigenvalue weighted by Gasteiger charge is -2.47. The number of amides is 2. The maximum Gasteiger partial charge on any atom is 0.332 e. The van der Waals surface area contributed by atoms with E-state index >= 15 is 0 Å². The Balaban J connectivity index is 2.02. The normalized spacial score (nSPS) is 24.5. The van der Waals surface area contributed by atoms with Crippen LogP contribution in [-0.4, -0.2) is 23.9 Å². The van der Waals surface area contributed by atoms with Crippen molar-refractivity contribution in [2.75, 3.05) is 5.32 Å². The Kier molecular flexibility index (Phi) is 5.40. The maximum atomic E-state index is 13.6. The standard InChI is InChI=1S/C23H19Cl2FN2O3/c1-3-11(2)20-23(16-5-4-14(24)9-18(16)27-22(23)31)17(10-19(29)28-20)12-6-13(21(26)30)8-15(25)7-12/h4-9,17,20H,2-3,10H2,1H3,(H,27,31)(H,28,29)/t17-,20+,23-/m0/s1. The minimum absolute atomic E-state index is 0.0523. The summed E-state index contributed by atoms with van der Waals surface area (Å²) in [4.78, 5) is 37.8. The minimum atomic E-state index is -1.64. The molecule has 160 valence electrons. The quantitative estimate of drug-likeness (QED) is 0.501. The van der Waals surface area contributed by atoms with Crippen LogP contribution in [0.4, 0.5) is 10.1 Å². The van der Waals surface area contributed by atoms with Crippen molar-refractivity contribution >= 4 is 46.7 Å². The largest absolute Gasteiger partial charge is 0.348 e. The number of nitrogens with one attached hydrogen (secondary N) is 2. The second kappa shape index (κ2) is 7.77. The Labute approximate surface area is 188 Å². The first kappa shape index (κ1) is 21.5. The average Bonchev–Trinajstić information content (AvgIpc) is 2.99. The van der Waals surface area contributed by atoms with Crippen LogP contribution in [0.5, 0.6) is 0 Å². The van der Waals surface area contributed by atoms with Gasteiger partial charge in [0.1, 0.15) is 5.41 Å². The zero-order valence-electron chi connectivity index (χ0n) is 16.6. The molecule has 2 aliphatic rings. The van der Waals surface area contributed by atoms with Gasteiger partial charge in [-0.05, 0) is 47.9 Å². The molecule has 2 aromatic carbocycles. The Hall–Kier alpha value is -2.70. The molecule has 2 heterocycles.